The third kappa shape index (κ3) is 3.02. The molecule has 2 rings (SSSR count). The van der Waals surface area contributed by atoms with E-state index in [0.29, 0.717) is 24.6 Å². The Balaban J connectivity index is 2.16. The first-order valence-electron chi connectivity index (χ1n) is 6.11. The number of carbonyl (C=O) groups is 1. The standard InChI is InChI=1S/C13H17FN2O3/c1-18-10(8-15)7-13(17)16-4-5-19-12-6-9(14)2-3-11(12)16/h2-3,6,10H,4-5,7-8,15H2,1H3. The number of ether oxygens (including phenoxy) is 2. The molecule has 0 fully saturated rings. The molecule has 1 unspecified atom stereocenters. The normalized spacial score (nSPS) is 15.6. The van der Waals surface area contributed by atoms with E-state index in [1.54, 1.807) is 11.0 Å². The number of methoxy groups -OCH3 is 1. The number of hydrogen-bond donors (Lipinski definition) is 1. The fraction of sp³-hybridized carbons (Fsp3) is 0.462. The quantitative estimate of drug-likeness (QED) is 0.881. The van der Waals surface area contributed by atoms with Crippen LogP contribution >= 0.6 is 0 Å². The largest absolute Gasteiger partial charge is 0.489 e. The molecule has 0 aromatic heterocycles. The van der Waals surface area contributed by atoms with E-state index in [1.807, 2.05) is 0 Å². The zero-order chi connectivity index (χ0) is 13.8. The van der Waals surface area contributed by atoms with Gasteiger partial charge in [-0.1, -0.05) is 0 Å². The van der Waals surface area contributed by atoms with Crippen LogP contribution < -0.4 is 15.4 Å². The maximum Gasteiger partial charge on any atom is 0.229 e. The van der Waals surface area contributed by atoms with Gasteiger partial charge in [0.1, 0.15) is 18.2 Å². The lowest BCUT2D eigenvalue weighted by atomic mass is 10.1. The van der Waals surface area contributed by atoms with Crippen LogP contribution in [0.2, 0.25) is 0 Å². The minimum absolute atomic E-state index is 0.103. The Morgan fingerprint density at radius 1 is 1.63 bits per heavy atom. The van der Waals surface area contributed by atoms with Crippen LogP contribution in [0.1, 0.15) is 6.42 Å². The lowest BCUT2D eigenvalue weighted by molar-refractivity contribution is -0.121. The zero-order valence-corrected chi connectivity index (χ0v) is 10.8. The lowest BCUT2D eigenvalue weighted by Crippen LogP contribution is -2.40. The van der Waals surface area contributed by atoms with Crippen LogP contribution in [-0.4, -0.2) is 38.8 Å². The molecule has 2 N–H and O–H groups in total. The molecule has 0 bridgehead atoms. The zero-order valence-electron chi connectivity index (χ0n) is 10.8. The fourth-order valence-corrected chi connectivity index (χ4v) is 2.02. The van der Waals surface area contributed by atoms with Gasteiger partial charge in [0.25, 0.3) is 0 Å². The molecule has 19 heavy (non-hydrogen) atoms. The van der Waals surface area contributed by atoms with Crippen molar-refractivity contribution in [2.75, 3.05) is 31.7 Å². The number of rotatable bonds is 4. The second kappa shape index (κ2) is 5.99. The van der Waals surface area contributed by atoms with Crippen LogP contribution in [0.25, 0.3) is 0 Å². The van der Waals surface area contributed by atoms with Gasteiger partial charge in [0.15, 0.2) is 0 Å². The van der Waals surface area contributed by atoms with E-state index < -0.39 is 0 Å². The maximum atomic E-state index is 13.1. The highest BCUT2D eigenvalue weighted by Crippen LogP contribution is 2.32. The molecule has 0 aliphatic carbocycles. The van der Waals surface area contributed by atoms with Gasteiger partial charge >= 0.3 is 0 Å². The van der Waals surface area contributed by atoms with Crippen molar-refractivity contribution < 1.29 is 18.7 Å². The molecular weight excluding hydrogens is 251 g/mol. The lowest BCUT2D eigenvalue weighted by Gasteiger charge is -2.30. The molecule has 1 aromatic carbocycles. The van der Waals surface area contributed by atoms with Crippen molar-refractivity contribution in [3.8, 4) is 5.75 Å². The molecule has 0 spiro atoms. The Labute approximate surface area is 111 Å². The van der Waals surface area contributed by atoms with E-state index in [2.05, 4.69) is 0 Å². The highest BCUT2D eigenvalue weighted by atomic mass is 19.1. The van der Waals surface area contributed by atoms with E-state index in [1.165, 1.54) is 19.2 Å². The summed E-state index contributed by atoms with van der Waals surface area (Å²) in [6.45, 7) is 1.07. The molecule has 1 heterocycles. The molecule has 104 valence electrons. The number of anilines is 1. The molecule has 1 aromatic rings. The molecule has 0 radical (unpaired) electrons. The third-order valence-electron chi connectivity index (χ3n) is 3.08. The first-order valence-corrected chi connectivity index (χ1v) is 6.11. The molecule has 6 heteroatoms. The second-order valence-electron chi connectivity index (χ2n) is 4.30. The van der Waals surface area contributed by atoms with Crippen LogP contribution in [0.4, 0.5) is 10.1 Å². The molecule has 1 aliphatic rings. The molecule has 1 amide bonds. The number of benzene rings is 1. The van der Waals surface area contributed by atoms with Gasteiger partial charge in [-0.3, -0.25) is 4.79 Å². The van der Waals surface area contributed by atoms with Crippen molar-refractivity contribution in [1.82, 2.24) is 0 Å². The number of nitrogens with two attached hydrogens (primary N) is 1. The summed E-state index contributed by atoms with van der Waals surface area (Å²) in [5.74, 6) is -0.0976. The fourth-order valence-electron chi connectivity index (χ4n) is 2.02. The number of amides is 1. The van der Waals surface area contributed by atoms with E-state index in [4.69, 9.17) is 15.2 Å². The van der Waals surface area contributed by atoms with E-state index >= 15 is 0 Å². The van der Waals surface area contributed by atoms with Crippen LogP contribution in [-0.2, 0) is 9.53 Å². The summed E-state index contributed by atoms with van der Waals surface area (Å²) in [7, 11) is 1.52. The third-order valence-corrected chi connectivity index (χ3v) is 3.08. The van der Waals surface area contributed by atoms with Gasteiger partial charge in [-0.25, -0.2) is 4.39 Å². The summed E-state index contributed by atoms with van der Waals surface area (Å²) in [6.07, 6.45) is -0.108. The predicted molar refractivity (Wildman–Crippen MR) is 68.7 cm³/mol. The van der Waals surface area contributed by atoms with Gasteiger partial charge in [0, 0.05) is 19.7 Å². The van der Waals surface area contributed by atoms with Gasteiger partial charge in [-0.15, -0.1) is 0 Å². The summed E-state index contributed by atoms with van der Waals surface area (Å²) in [6, 6.07) is 4.14. The molecule has 1 aliphatic heterocycles. The summed E-state index contributed by atoms with van der Waals surface area (Å²) in [5, 5.41) is 0. The van der Waals surface area contributed by atoms with Gasteiger partial charge in [0.05, 0.1) is 24.8 Å². The Kier molecular flexibility index (Phi) is 4.34. The van der Waals surface area contributed by atoms with Gasteiger partial charge < -0.3 is 20.1 Å². The van der Waals surface area contributed by atoms with Crippen molar-refractivity contribution in [3.05, 3.63) is 24.0 Å². The highest BCUT2D eigenvalue weighted by Gasteiger charge is 2.25. The van der Waals surface area contributed by atoms with Crippen LogP contribution in [0, 0.1) is 5.82 Å². The smallest absolute Gasteiger partial charge is 0.229 e. The average Bonchev–Trinajstić information content (AvgIpc) is 2.43. The van der Waals surface area contributed by atoms with Gasteiger partial charge in [-0.05, 0) is 12.1 Å². The van der Waals surface area contributed by atoms with Crippen LogP contribution in [0.3, 0.4) is 0 Å². The summed E-state index contributed by atoms with van der Waals surface area (Å²) >= 11 is 0. The Bertz CT molecular complexity index is 463. The number of hydrogen-bond acceptors (Lipinski definition) is 4. The summed E-state index contributed by atoms with van der Waals surface area (Å²) < 4.78 is 23.6. The highest BCUT2D eigenvalue weighted by molar-refractivity contribution is 5.95. The molecule has 0 saturated carbocycles. The molecular formula is C13H17FN2O3. The van der Waals surface area contributed by atoms with Gasteiger partial charge in [0.2, 0.25) is 5.91 Å². The van der Waals surface area contributed by atoms with E-state index in [-0.39, 0.29) is 30.8 Å². The average molecular weight is 268 g/mol. The van der Waals surface area contributed by atoms with Crippen molar-refractivity contribution >= 4 is 11.6 Å². The monoisotopic (exact) mass is 268 g/mol. The van der Waals surface area contributed by atoms with Crippen LogP contribution in [0.5, 0.6) is 5.75 Å². The molecule has 1 atom stereocenters. The van der Waals surface area contributed by atoms with E-state index in [0.717, 1.165) is 0 Å². The van der Waals surface area contributed by atoms with Crippen molar-refractivity contribution in [2.45, 2.75) is 12.5 Å². The summed E-state index contributed by atoms with van der Waals surface area (Å²) in [4.78, 5) is 13.8. The topological polar surface area (TPSA) is 64.8 Å². The minimum atomic E-state index is -0.384. The Morgan fingerprint density at radius 3 is 3.11 bits per heavy atom. The number of nitrogens with zero attached hydrogens (tertiary/aromatic N) is 1. The Morgan fingerprint density at radius 2 is 2.42 bits per heavy atom. The second-order valence-corrected chi connectivity index (χ2v) is 4.30. The molecule has 5 nitrogen and oxygen atoms in total. The SMILES string of the molecule is COC(CN)CC(=O)N1CCOc2cc(F)ccc21. The van der Waals surface area contributed by atoms with Crippen molar-refractivity contribution in [1.29, 1.82) is 0 Å². The number of halogens is 1. The van der Waals surface area contributed by atoms with E-state index in [9.17, 15) is 9.18 Å². The van der Waals surface area contributed by atoms with Crippen molar-refractivity contribution in [2.24, 2.45) is 5.73 Å². The first-order chi connectivity index (χ1) is 9.15. The number of carbonyl (C=O) groups excluding carboxylic acids is 1. The van der Waals surface area contributed by atoms with Gasteiger partial charge in [-0.2, -0.15) is 0 Å². The predicted octanol–water partition coefficient (Wildman–Crippen LogP) is 0.915. The van der Waals surface area contributed by atoms with Crippen LogP contribution in [0.15, 0.2) is 18.2 Å². The van der Waals surface area contributed by atoms with Crippen molar-refractivity contribution in [3.63, 3.8) is 0 Å². The molecule has 0 saturated heterocycles. The number of fused-ring (bicyclic) bond motifs is 1. The Hall–Kier alpha value is -1.66. The minimum Gasteiger partial charge on any atom is -0.489 e. The first kappa shape index (κ1) is 13.8. The maximum absolute atomic E-state index is 13.1. The summed E-state index contributed by atoms with van der Waals surface area (Å²) in [5.41, 5.74) is 6.09.